The Balaban J connectivity index is 2.33. The maximum absolute atomic E-state index is 11.1. The van der Waals surface area contributed by atoms with E-state index in [9.17, 15) is 9.90 Å². The summed E-state index contributed by atoms with van der Waals surface area (Å²) in [6, 6.07) is 6.56. The van der Waals surface area contributed by atoms with Crippen LogP contribution in [0.5, 0.6) is 5.75 Å². The molecular formula is C15H8Cl3NO2. The molecule has 3 nitrogen and oxygen atoms in total. The van der Waals surface area contributed by atoms with Gasteiger partial charge >= 0.3 is 0 Å². The van der Waals surface area contributed by atoms with Crippen molar-refractivity contribution in [1.29, 1.82) is 0 Å². The zero-order chi connectivity index (χ0) is 15.1. The van der Waals surface area contributed by atoms with Crippen molar-refractivity contribution in [2.45, 2.75) is 0 Å². The molecule has 0 radical (unpaired) electrons. The van der Waals surface area contributed by atoms with Crippen molar-refractivity contribution in [3.05, 3.63) is 51.1 Å². The first-order valence-electron chi connectivity index (χ1n) is 5.96. The van der Waals surface area contributed by atoms with Gasteiger partial charge in [-0.2, -0.15) is 0 Å². The van der Waals surface area contributed by atoms with Gasteiger partial charge in [-0.05, 0) is 24.3 Å². The number of rotatable bonds is 2. The van der Waals surface area contributed by atoms with Crippen molar-refractivity contribution in [2.75, 3.05) is 0 Å². The van der Waals surface area contributed by atoms with Gasteiger partial charge in [0.2, 0.25) is 0 Å². The first-order valence-corrected chi connectivity index (χ1v) is 7.09. The lowest BCUT2D eigenvalue weighted by Gasteiger charge is -2.10. The van der Waals surface area contributed by atoms with Crippen LogP contribution in [0.3, 0.4) is 0 Å². The molecule has 2 N–H and O–H groups in total. The normalized spacial score (nSPS) is 11.0. The number of halogens is 3. The molecule has 0 aliphatic carbocycles. The molecule has 106 valence electrons. The van der Waals surface area contributed by atoms with Gasteiger partial charge in [0.1, 0.15) is 5.75 Å². The summed E-state index contributed by atoms with van der Waals surface area (Å²) in [6.07, 6.45) is 2.22. The van der Waals surface area contributed by atoms with Gasteiger partial charge in [-0.3, -0.25) is 4.79 Å². The van der Waals surface area contributed by atoms with Crippen LogP contribution in [0.1, 0.15) is 10.4 Å². The molecule has 0 saturated carbocycles. The summed E-state index contributed by atoms with van der Waals surface area (Å²) >= 11 is 18.1. The SMILES string of the molecule is O=Cc1c[nH]c2ccc(-c3cc(Cl)c(Cl)cc3Cl)c(O)c12. The number of aromatic hydroxyl groups is 1. The van der Waals surface area contributed by atoms with Crippen LogP contribution in [0.2, 0.25) is 15.1 Å². The average Bonchev–Trinajstić information content (AvgIpc) is 2.88. The second kappa shape index (κ2) is 5.26. The quantitative estimate of drug-likeness (QED) is 0.490. The van der Waals surface area contributed by atoms with Crippen LogP contribution in [-0.4, -0.2) is 16.4 Å². The number of carbonyl (C=O) groups is 1. The van der Waals surface area contributed by atoms with E-state index in [0.29, 0.717) is 48.9 Å². The van der Waals surface area contributed by atoms with E-state index in [1.54, 1.807) is 18.2 Å². The van der Waals surface area contributed by atoms with Crippen molar-refractivity contribution in [3.63, 3.8) is 0 Å². The van der Waals surface area contributed by atoms with E-state index in [1.807, 2.05) is 0 Å². The molecule has 0 spiro atoms. The van der Waals surface area contributed by atoms with E-state index in [1.165, 1.54) is 12.3 Å². The Morgan fingerprint density at radius 2 is 1.71 bits per heavy atom. The molecule has 0 bridgehead atoms. The van der Waals surface area contributed by atoms with Crippen LogP contribution >= 0.6 is 34.8 Å². The maximum atomic E-state index is 11.1. The molecular weight excluding hydrogens is 333 g/mol. The number of H-pyrrole nitrogens is 1. The number of hydrogen-bond acceptors (Lipinski definition) is 2. The van der Waals surface area contributed by atoms with Crippen molar-refractivity contribution in [3.8, 4) is 16.9 Å². The Hall–Kier alpha value is -1.68. The fourth-order valence-electron chi connectivity index (χ4n) is 2.27. The Morgan fingerprint density at radius 1 is 1.00 bits per heavy atom. The van der Waals surface area contributed by atoms with E-state index in [-0.39, 0.29) is 5.75 Å². The number of aldehydes is 1. The number of benzene rings is 2. The minimum absolute atomic E-state index is 0.0314. The average molecular weight is 341 g/mol. The predicted octanol–water partition coefficient (Wildman–Crippen LogP) is 5.31. The highest BCUT2D eigenvalue weighted by Gasteiger charge is 2.16. The zero-order valence-electron chi connectivity index (χ0n) is 10.5. The summed E-state index contributed by atoms with van der Waals surface area (Å²) in [7, 11) is 0. The molecule has 0 amide bonds. The molecule has 1 aromatic heterocycles. The summed E-state index contributed by atoms with van der Waals surface area (Å²) in [6.45, 7) is 0. The molecule has 3 rings (SSSR count). The van der Waals surface area contributed by atoms with Crippen LogP contribution < -0.4 is 0 Å². The van der Waals surface area contributed by atoms with Gasteiger partial charge in [0.25, 0.3) is 0 Å². The third kappa shape index (κ3) is 2.27. The number of phenolic OH excluding ortho intramolecular Hbond substituents is 1. The number of aromatic amines is 1. The molecule has 6 heteroatoms. The maximum Gasteiger partial charge on any atom is 0.152 e. The van der Waals surface area contributed by atoms with Gasteiger partial charge in [0.15, 0.2) is 6.29 Å². The lowest BCUT2D eigenvalue weighted by molar-refractivity contribution is 0.112. The zero-order valence-corrected chi connectivity index (χ0v) is 12.7. The Morgan fingerprint density at radius 3 is 2.43 bits per heavy atom. The topological polar surface area (TPSA) is 53.1 Å². The Bertz CT molecular complexity index is 871. The van der Waals surface area contributed by atoms with Crippen LogP contribution in [0, 0.1) is 0 Å². The number of aromatic nitrogens is 1. The van der Waals surface area contributed by atoms with Crippen LogP contribution in [-0.2, 0) is 0 Å². The molecule has 0 unspecified atom stereocenters. The van der Waals surface area contributed by atoms with E-state index in [0.717, 1.165) is 0 Å². The second-order valence-electron chi connectivity index (χ2n) is 4.49. The van der Waals surface area contributed by atoms with Gasteiger partial charge < -0.3 is 10.1 Å². The minimum Gasteiger partial charge on any atom is -0.507 e. The lowest BCUT2D eigenvalue weighted by atomic mass is 10.0. The first kappa shape index (κ1) is 14.3. The summed E-state index contributed by atoms with van der Waals surface area (Å²) in [5.74, 6) is -0.0314. The third-order valence-corrected chi connectivity index (χ3v) is 4.31. The predicted molar refractivity (Wildman–Crippen MR) is 85.8 cm³/mol. The Labute approximate surface area is 135 Å². The first-order chi connectivity index (χ1) is 10.0. The van der Waals surface area contributed by atoms with Gasteiger partial charge in [-0.15, -0.1) is 0 Å². The minimum atomic E-state index is -0.0314. The monoisotopic (exact) mass is 339 g/mol. The number of hydrogen-bond donors (Lipinski definition) is 2. The molecule has 0 saturated heterocycles. The summed E-state index contributed by atoms with van der Waals surface area (Å²) in [4.78, 5) is 14.0. The number of fused-ring (bicyclic) bond motifs is 1. The highest BCUT2D eigenvalue weighted by Crippen LogP contribution is 2.42. The Kier molecular flexibility index (Phi) is 3.57. The fourth-order valence-corrected chi connectivity index (χ4v) is 2.92. The summed E-state index contributed by atoms with van der Waals surface area (Å²) < 4.78 is 0. The highest BCUT2D eigenvalue weighted by molar-refractivity contribution is 6.44. The van der Waals surface area contributed by atoms with Gasteiger partial charge in [-0.25, -0.2) is 0 Å². The molecule has 0 atom stereocenters. The number of carbonyl (C=O) groups excluding carboxylic acids is 1. The second-order valence-corrected chi connectivity index (χ2v) is 5.71. The van der Waals surface area contributed by atoms with E-state index < -0.39 is 0 Å². The van der Waals surface area contributed by atoms with Crippen molar-refractivity contribution < 1.29 is 9.90 Å². The molecule has 21 heavy (non-hydrogen) atoms. The van der Waals surface area contributed by atoms with Gasteiger partial charge in [0, 0.05) is 28.4 Å². The fraction of sp³-hybridized carbons (Fsp3) is 0. The molecule has 0 aliphatic heterocycles. The number of phenols is 1. The van der Waals surface area contributed by atoms with Gasteiger partial charge in [0.05, 0.1) is 20.5 Å². The van der Waals surface area contributed by atoms with Crippen LogP contribution in [0.25, 0.3) is 22.0 Å². The van der Waals surface area contributed by atoms with E-state index >= 15 is 0 Å². The smallest absolute Gasteiger partial charge is 0.152 e. The summed E-state index contributed by atoms with van der Waals surface area (Å²) in [5.41, 5.74) is 2.06. The highest BCUT2D eigenvalue weighted by atomic mass is 35.5. The molecule has 0 fully saturated rings. The standard InChI is InChI=1S/C15H8Cl3NO2/c16-10-4-12(18)11(17)3-9(10)8-1-2-13-14(15(8)21)7(6-20)5-19-13/h1-6,19,21H. The van der Waals surface area contributed by atoms with E-state index in [2.05, 4.69) is 4.98 Å². The largest absolute Gasteiger partial charge is 0.507 e. The molecule has 0 aliphatic rings. The van der Waals surface area contributed by atoms with Crippen LogP contribution in [0.15, 0.2) is 30.5 Å². The van der Waals surface area contributed by atoms with Crippen molar-refractivity contribution in [2.24, 2.45) is 0 Å². The van der Waals surface area contributed by atoms with Crippen molar-refractivity contribution in [1.82, 2.24) is 4.98 Å². The molecule has 3 aromatic rings. The lowest BCUT2D eigenvalue weighted by Crippen LogP contribution is -1.85. The van der Waals surface area contributed by atoms with Gasteiger partial charge in [-0.1, -0.05) is 34.8 Å². The molecule has 2 aromatic carbocycles. The van der Waals surface area contributed by atoms with E-state index in [4.69, 9.17) is 34.8 Å². The van der Waals surface area contributed by atoms with Crippen LogP contribution in [0.4, 0.5) is 0 Å². The molecule has 1 heterocycles. The summed E-state index contributed by atoms with van der Waals surface area (Å²) in [5, 5.41) is 12.0. The number of nitrogens with one attached hydrogen (secondary N) is 1. The van der Waals surface area contributed by atoms with Crippen molar-refractivity contribution >= 4 is 52.0 Å². The third-order valence-electron chi connectivity index (χ3n) is 3.28.